The number of fused-ring (bicyclic) bond motifs is 1. The maximum absolute atomic E-state index is 10.5. The van der Waals surface area contributed by atoms with Crippen molar-refractivity contribution in [3.63, 3.8) is 0 Å². The van der Waals surface area contributed by atoms with E-state index in [0.717, 1.165) is 17.3 Å². The Morgan fingerprint density at radius 1 is 1.46 bits per heavy atom. The quantitative estimate of drug-likeness (QED) is 0.696. The number of amides is 1. The second-order valence-electron chi connectivity index (χ2n) is 2.81. The zero-order valence-corrected chi connectivity index (χ0v) is 7.19. The van der Waals surface area contributed by atoms with Crippen molar-refractivity contribution in [1.82, 2.24) is 10.2 Å². The van der Waals surface area contributed by atoms with Crippen molar-refractivity contribution in [3.8, 4) is 0 Å². The normalized spacial score (nSPS) is 10.2. The third-order valence-corrected chi connectivity index (χ3v) is 1.94. The van der Waals surface area contributed by atoms with Crippen molar-refractivity contribution >= 4 is 23.1 Å². The summed E-state index contributed by atoms with van der Waals surface area (Å²) in [5.74, 6) is 0.658. The molecular weight excluding hydrogens is 166 g/mol. The number of rotatable bonds is 2. The molecule has 4 heteroatoms. The van der Waals surface area contributed by atoms with Crippen LogP contribution in [0.25, 0.3) is 10.9 Å². The number of carbonyl (C=O) groups excluding carboxylic acids is 1. The Labute approximate surface area is 75.2 Å². The van der Waals surface area contributed by atoms with Crippen molar-refractivity contribution in [2.75, 3.05) is 11.9 Å². The molecule has 1 heterocycles. The molecule has 0 aliphatic heterocycles. The number of anilines is 1. The average Bonchev–Trinajstić information content (AvgIpc) is 2.60. The van der Waals surface area contributed by atoms with E-state index in [9.17, 15) is 4.79 Å². The van der Waals surface area contributed by atoms with Crippen LogP contribution in [0.2, 0.25) is 0 Å². The standard InChI is InChI=1S/C9H9N3O/c1-12(6-13)9-7-4-2-3-5-8(7)10-11-9/h2-6H,1H3,(H,10,11). The van der Waals surface area contributed by atoms with Crippen LogP contribution in [0.3, 0.4) is 0 Å². The van der Waals surface area contributed by atoms with Crippen LogP contribution < -0.4 is 4.90 Å². The summed E-state index contributed by atoms with van der Waals surface area (Å²) >= 11 is 0. The molecule has 2 rings (SSSR count). The van der Waals surface area contributed by atoms with Gasteiger partial charge in [-0.05, 0) is 12.1 Å². The third-order valence-electron chi connectivity index (χ3n) is 1.94. The Hall–Kier alpha value is -1.84. The first kappa shape index (κ1) is 7.79. The number of hydrogen-bond donors (Lipinski definition) is 1. The Kier molecular flexibility index (Phi) is 1.73. The van der Waals surface area contributed by atoms with E-state index in [1.54, 1.807) is 7.05 Å². The highest BCUT2D eigenvalue weighted by Gasteiger charge is 2.07. The van der Waals surface area contributed by atoms with E-state index < -0.39 is 0 Å². The van der Waals surface area contributed by atoms with Crippen LogP contribution in [0.15, 0.2) is 24.3 Å². The molecule has 0 saturated heterocycles. The van der Waals surface area contributed by atoms with Gasteiger partial charge in [-0.2, -0.15) is 5.10 Å². The van der Waals surface area contributed by atoms with Gasteiger partial charge in [0.05, 0.1) is 5.52 Å². The number of nitrogens with zero attached hydrogens (tertiary/aromatic N) is 2. The SMILES string of the molecule is CN(C=O)c1n[nH]c2ccccc12. The van der Waals surface area contributed by atoms with Gasteiger partial charge in [-0.3, -0.25) is 9.89 Å². The fraction of sp³-hybridized carbons (Fsp3) is 0.111. The summed E-state index contributed by atoms with van der Waals surface area (Å²) in [7, 11) is 1.68. The first-order valence-electron chi connectivity index (χ1n) is 3.94. The number of carbonyl (C=O) groups is 1. The number of benzene rings is 1. The Morgan fingerprint density at radius 2 is 2.23 bits per heavy atom. The van der Waals surface area contributed by atoms with Crippen LogP contribution >= 0.6 is 0 Å². The highest BCUT2D eigenvalue weighted by atomic mass is 16.1. The lowest BCUT2D eigenvalue weighted by Gasteiger charge is -2.05. The minimum Gasteiger partial charge on any atom is -0.301 e. The summed E-state index contributed by atoms with van der Waals surface area (Å²) in [6.45, 7) is 0. The molecule has 0 radical (unpaired) electrons. The number of nitrogens with one attached hydrogen (secondary N) is 1. The fourth-order valence-electron chi connectivity index (χ4n) is 1.27. The van der Waals surface area contributed by atoms with E-state index in [1.807, 2.05) is 24.3 Å². The summed E-state index contributed by atoms with van der Waals surface area (Å²) in [5, 5.41) is 7.84. The van der Waals surface area contributed by atoms with Crippen LogP contribution in [0.5, 0.6) is 0 Å². The lowest BCUT2D eigenvalue weighted by Crippen LogP contribution is -2.14. The molecule has 0 atom stereocenters. The average molecular weight is 175 g/mol. The van der Waals surface area contributed by atoms with Crippen molar-refractivity contribution in [1.29, 1.82) is 0 Å². The van der Waals surface area contributed by atoms with Gasteiger partial charge in [0, 0.05) is 12.4 Å². The van der Waals surface area contributed by atoms with Gasteiger partial charge in [-0.1, -0.05) is 12.1 Å². The molecule has 1 aromatic heterocycles. The van der Waals surface area contributed by atoms with Crippen molar-refractivity contribution in [2.45, 2.75) is 0 Å². The number of hydrogen-bond acceptors (Lipinski definition) is 2. The van der Waals surface area contributed by atoms with Gasteiger partial charge in [-0.15, -0.1) is 0 Å². The molecule has 0 aliphatic rings. The van der Waals surface area contributed by atoms with E-state index in [-0.39, 0.29) is 0 Å². The number of aromatic nitrogens is 2. The maximum atomic E-state index is 10.5. The predicted molar refractivity (Wildman–Crippen MR) is 50.6 cm³/mol. The van der Waals surface area contributed by atoms with Crippen LogP contribution in [0.1, 0.15) is 0 Å². The molecule has 0 fully saturated rings. The highest BCUT2D eigenvalue weighted by Crippen LogP contribution is 2.21. The molecular formula is C9H9N3O. The van der Waals surface area contributed by atoms with Crippen molar-refractivity contribution in [3.05, 3.63) is 24.3 Å². The maximum Gasteiger partial charge on any atom is 0.215 e. The summed E-state index contributed by atoms with van der Waals surface area (Å²) in [6, 6.07) is 7.68. The highest BCUT2D eigenvalue weighted by molar-refractivity contribution is 5.94. The first-order chi connectivity index (χ1) is 6.33. The zero-order chi connectivity index (χ0) is 9.26. The Morgan fingerprint density at radius 3 is 3.00 bits per heavy atom. The van der Waals surface area contributed by atoms with E-state index in [1.165, 1.54) is 4.90 Å². The molecule has 1 N–H and O–H groups in total. The zero-order valence-electron chi connectivity index (χ0n) is 7.19. The number of aromatic amines is 1. The van der Waals surface area contributed by atoms with E-state index in [0.29, 0.717) is 5.82 Å². The van der Waals surface area contributed by atoms with E-state index >= 15 is 0 Å². The molecule has 1 amide bonds. The van der Waals surface area contributed by atoms with Crippen LogP contribution in [-0.2, 0) is 4.79 Å². The van der Waals surface area contributed by atoms with Gasteiger partial charge in [0.25, 0.3) is 0 Å². The largest absolute Gasteiger partial charge is 0.301 e. The van der Waals surface area contributed by atoms with E-state index in [2.05, 4.69) is 10.2 Å². The molecule has 2 aromatic rings. The van der Waals surface area contributed by atoms with Crippen molar-refractivity contribution in [2.24, 2.45) is 0 Å². The minimum atomic E-state index is 0.658. The van der Waals surface area contributed by atoms with Gasteiger partial charge in [0.1, 0.15) is 0 Å². The first-order valence-corrected chi connectivity index (χ1v) is 3.94. The van der Waals surface area contributed by atoms with E-state index in [4.69, 9.17) is 0 Å². The van der Waals surface area contributed by atoms with Gasteiger partial charge in [-0.25, -0.2) is 0 Å². The number of H-pyrrole nitrogens is 1. The van der Waals surface area contributed by atoms with Gasteiger partial charge in [0.2, 0.25) is 6.41 Å². The summed E-state index contributed by atoms with van der Waals surface area (Å²) < 4.78 is 0. The molecule has 66 valence electrons. The topological polar surface area (TPSA) is 49.0 Å². The second-order valence-corrected chi connectivity index (χ2v) is 2.81. The molecule has 0 aliphatic carbocycles. The van der Waals surface area contributed by atoms with Crippen LogP contribution in [0, 0.1) is 0 Å². The molecule has 0 bridgehead atoms. The lowest BCUT2D eigenvalue weighted by molar-refractivity contribution is -0.107. The second kappa shape index (κ2) is 2.90. The molecule has 1 aromatic carbocycles. The lowest BCUT2D eigenvalue weighted by atomic mass is 10.2. The van der Waals surface area contributed by atoms with Gasteiger partial charge >= 0.3 is 0 Å². The van der Waals surface area contributed by atoms with Crippen LogP contribution in [0.4, 0.5) is 5.82 Å². The fourth-order valence-corrected chi connectivity index (χ4v) is 1.27. The number of para-hydroxylation sites is 1. The molecule has 0 unspecified atom stereocenters. The molecule has 0 saturated carbocycles. The van der Waals surface area contributed by atoms with Gasteiger partial charge in [0.15, 0.2) is 5.82 Å². The van der Waals surface area contributed by atoms with Crippen molar-refractivity contribution < 1.29 is 4.79 Å². The summed E-state index contributed by atoms with van der Waals surface area (Å²) in [4.78, 5) is 12.0. The van der Waals surface area contributed by atoms with Crippen LogP contribution in [-0.4, -0.2) is 23.7 Å². The Balaban J connectivity index is 2.64. The monoisotopic (exact) mass is 175 g/mol. The van der Waals surface area contributed by atoms with Gasteiger partial charge < -0.3 is 4.90 Å². The smallest absolute Gasteiger partial charge is 0.215 e. The Bertz CT molecular complexity index is 435. The third kappa shape index (κ3) is 1.16. The minimum absolute atomic E-state index is 0.658. The molecule has 13 heavy (non-hydrogen) atoms. The molecule has 4 nitrogen and oxygen atoms in total. The molecule has 0 spiro atoms. The summed E-state index contributed by atoms with van der Waals surface area (Å²) in [5.41, 5.74) is 0.936. The predicted octanol–water partition coefficient (Wildman–Crippen LogP) is 1.16. The summed E-state index contributed by atoms with van der Waals surface area (Å²) in [6.07, 6.45) is 0.739.